The molecule has 1 unspecified atom stereocenters. The van der Waals surface area contributed by atoms with Gasteiger partial charge in [-0.25, -0.2) is 0 Å². The number of hydrogen-bond donors (Lipinski definition) is 0. The lowest BCUT2D eigenvalue weighted by molar-refractivity contribution is -0.870. The minimum atomic E-state index is -4.64. The molecule has 10 heteroatoms. The molecule has 0 N–H and O–H groups in total. The molecule has 0 aliphatic carbocycles. The van der Waals surface area contributed by atoms with Crippen molar-refractivity contribution >= 4 is 19.8 Å². The maximum Gasteiger partial charge on any atom is 0.306 e. The highest BCUT2D eigenvalue weighted by molar-refractivity contribution is 7.45. The highest BCUT2D eigenvalue weighted by atomic mass is 31.2. The van der Waals surface area contributed by atoms with Crippen molar-refractivity contribution in [2.75, 3.05) is 47.5 Å². The fraction of sp³-hybridized carbons (Fsp3) is 0.733. The summed E-state index contributed by atoms with van der Waals surface area (Å²) in [4.78, 5) is 37.5. The van der Waals surface area contributed by atoms with Gasteiger partial charge >= 0.3 is 11.9 Å². The van der Waals surface area contributed by atoms with Gasteiger partial charge in [-0.3, -0.25) is 14.2 Å². The number of phosphoric acid groups is 1. The first-order valence-corrected chi connectivity index (χ1v) is 23.0. The third-order valence-corrected chi connectivity index (χ3v) is 9.77. The number of carbonyl (C=O) groups is 2. The molecule has 0 aromatic heterocycles. The lowest BCUT2D eigenvalue weighted by Gasteiger charge is -2.28. The van der Waals surface area contributed by atoms with Crippen LogP contribution in [0, 0.1) is 0 Å². The van der Waals surface area contributed by atoms with Crippen LogP contribution in [0.3, 0.4) is 0 Å². The summed E-state index contributed by atoms with van der Waals surface area (Å²) in [6.45, 7) is 4.04. The standard InChI is InChI=1S/C45H80NO8P/c1-6-8-10-12-14-16-18-20-22-23-24-26-28-30-32-34-36-38-45(48)54-43(42-53-55(49,50)52-40-39-46(3,4)5)41-51-44(47)37-35-33-31-29-27-25-21-19-17-15-13-11-9-7-2/h8,10,14,16,20,22,24,26,30,32,43H,6-7,9,11-13,15,17-19,21,23,25,27-29,31,33-42H2,1-5H3/b10-8-,16-14-,22-20-,26-24-,32-30-/t43-/m1/s1. The summed E-state index contributed by atoms with van der Waals surface area (Å²) in [6, 6.07) is 0. The number of esters is 2. The molecular formula is C45H80NO8P. The number of ether oxygens (including phenoxy) is 2. The third-order valence-electron chi connectivity index (χ3n) is 8.80. The Kier molecular flexibility index (Phi) is 35.7. The zero-order valence-corrected chi connectivity index (χ0v) is 36.5. The summed E-state index contributed by atoms with van der Waals surface area (Å²) in [7, 11) is 1.12. The number of unbranched alkanes of at least 4 members (excludes halogenated alkanes) is 14. The molecule has 0 heterocycles. The molecule has 0 fully saturated rings. The second-order valence-corrected chi connectivity index (χ2v) is 16.7. The normalized spacial score (nSPS) is 14.2. The monoisotopic (exact) mass is 794 g/mol. The molecule has 0 spiro atoms. The second-order valence-electron chi connectivity index (χ2n) is 15.3. The van der Waals surface area contributed by atoms with Gasteiger partial charge in [-0.05, 0) is 51.4 Å². The largest absolute Gasteiger partial charge is 0.756 e. The minimum Gasteiger partial charge on any atom is -0.756 e. The maximum absolute atomic E-state index is 12.6. The van der Waals surface area contributed by atoms with Gasteiger partial charge in [-0.1, -0.05) is 158 Å². The van der Waals surface area contributed by atoms with Crippen molar-refractivity contribution in [3.05, 3.63) is 60.8 Å². The van der Waals surface area contributed by atoms with E-state index in [9.17, 15) is 19.0 Å². The van der Waals surface area contributed by atoms with Gasteiger partial charge in [0.05, 0.1) is 27.7 Å². The van der Waals surface area contributed by atoms with Crippen molar-refractivity contribution in [3.63, 3.8) is 0 Å². The highest BCUT2D eigenvalue weighted by Gasteiger charge is 2.21. The van der Waals surface area contributed by atoms with Crippen LogP contribution in [0.5, 0.6) is 0 Å². The number of rotatable bonds is 38. The SMILES string of the molecule is CC/C=C\C/C=C\C/C=C\C/C=C\C/C=C\CCCC(=O)O[C@H](COC(=O)CCCCCCCCCCCCCCCC)COP(=O)([O-])OCC[N+](C)(C)C. The molecule has 0 radical (unpaired) electrons. The van der Waals surface area contributed by atoms with Gasteiger partial charge in [0.25, 0.3) is 7.82 Å². The number of carbonyl (C=O) groups excluding carboxylic acids is 2. The second kappa shape index (κ2) is 37.3. The fourth-order valence-electron chi connectivity index (χ4n) is 5.45. The Balaban J connectivity index is 4.48. The summed E-state index contributed by atoms with van der Waals surface area (Å²) >= 11 is 0. The van der Waals surface area contributed by atoms with E-state index in [0.29, 0.717) is 23.9 Å². The Labute approximate surface area is 336 Å². The van der Waals surface area contributed by atoms with Gasteiger partial charge in [0.15, 0.2) is 6.10 Å². The molecule has 0 aliphatic rings. The van der Waals surface area contributed by atoms with Crippen molar-refractivity contribution in [2.45, 2.75) is 168 Å². The topological polar surface area (TPSA) is 111 Å². The molecule has 0 saturated carbocycles. The molecule has 0 bridgehead atoms. The molecule has 0 aromatic carbocycles. The molecule has 0 amide bonds. The van der Waals surface area contributed by atoms with E-state index in [0.717, 1.165) is 51.4 Å². The Morgan fingerprint density at radius 1 is 0.582 bits per heavy atom. The molecule has 0 aliphatic heterocycles. The number of quaternary nitrogens is 1. The predicted octanol–water partition coefficient (Wildman–Crippen LogP) is 11.4. The van der Waals surface area contributed by atoms with Crippen molar-refractivity contribution in [1.82, 2.24) is 0 Å². The van der Waals surface area contributed by atoms with Crippen LogP contribution in [0.15, 0.2) is 60.8 Å². The van der Waals surface area contributed by atoms with Gasteiger partial charge in [0.2, 0.25) is 0 Å². The van der Waals surface area contributed by atoms with E-state index in [1.165, 1.54) is 70.6 Å². The van der Waals surface area contributed by atoms with Gasteiger partial charge in [0, 0.05) is 12.8 Å². The third kappa shape index (κ3) is 41.2. The van der Waals surface area contributed by atoms with Crippen molar-refractivity contribution < 1.29 is 42.1 Å². The van der Waals surface area contributed by atoms with Crippen LogP contribution < -0.4 is 4.89 Å². The lowest BCUT2D eigenvalue weighted by atomic mass is 10.0. The van der Waals surface area contributed by atoms with E-state index in [4.69, 9.17) is 18.5 Å². The first-order valence-electron chi connectivity index (χ1n) is 21.5. The smallest absolute Gasteiger partial charge is 0.306 e. The Hall–Kier alpha value is -2.29. The van der Waals surface area contributed by atoms with E-state index >= 15 is 0 Å². The molecule has 0 aromatic rings. The lowest BCUT2D eigenvalue weighted by Crippen LogP contribution is -2.37. The number of nitrogens with zero attached hydrogens (tertiary/aromatic N) is 1. The predicted molar refractivity (Wildman–Crippen MR) is 226 cm³/mol. The first kappa shape index (κ1) is 52.7. The Bertz CT molecular complexity index is 1120. The summed E-state index contributed by atoms with van der Waals surface area (Å²) < 4.78 is 33.8. The summed E-state index contributed by atoms with van der Waals surface area (Å²) in [5.74, 6) is -0.904. The van der Waals surface area contributed by atoms with Crippen LogP contribution in [0.1, 0.15) is 162 Å². The minimum absolute atomic E-state index is 0.0429. The number of phosphoric ester groups is 1. The van der Waals surface area contributed by atoms with Crippen molar-refractivity contribution in [1.29, 1.82) is 0 Å². The zero-order chi connectivity index (χ0) is 40.7. The number of allylic oxidation sites excluding steroid dienone is 10. The molecular weight excluding hydrogens is 713 g/mol. The van der Waals surface area contributed by atoms with Crippen LogP contribution in [0.2, 0.25) is 0 Å². The molecule has 0 saturated heterocycles. The van der Waals surface area contributed by atoms with Gasteiger partial charge in [-0.15, -0.1) is 0 Å². The van der Waals surface area contributed by atoms with E-state index in [1.807, 2.05) is 27.2 Å². The summed E-state index contributed by atoms with van der Waals surface area (Å²) in [5, 5.41) is 0. The molecule has 55 heavy (non-hydrogen) atoms. The zero-order valence-electron chi connectivity index (χ0n) is 35.6. The fourth-order valence-corrected chi connectivity index (χ4v) is 6.18. The van der Waals surface area contributed by atoms with Crippen LogP contribution in [-0.4, -0.2) is 70.0 Å². The van der Waals surface area contributed by atoms with Crippen LogP contribution >= 0.6 is 7.82 Å². The van der Waals surface area contributed by atoms with Gasteiger partial charge in [-0.2, -0.15) is 0 Å². The van der Waals surface area contributed by atoms with Crippen LogP contribution in [-0.2, 0) is 32.7 Å². The maximum atomic E-state index is 12.6. The quantitative estimate of drug-likeness (QED) is 0.0200. The Morgan fingerprint density at radius 2 is 1.04 bits per heavy atom. The molecule has 9 nitrogen and oxygen atoms in total. The molecule has 318 valence electrons. The van der Waals surface area contributed by atoms with Gasteiger partial charge in [0.1, 0.15) is 19.8 Å². The summed E-state index contributed by atoms with van der Waals surface area (Å²) in [6.07, 6.45) is 44.0. The van der Waals surface area contributed by atoms with Crippen LogP contribution in [0.4, 0.5) is 0 Å². The van der Waals surface area contributed by atoms with Crippen molar-refractivity contribution in [2.24, 2.45) is 0 Å². The molecule has 0 rings (SSSR count). The van der Waals surface area contributed by atoms with Gasteiger partial charge < -0.3 is 27.9 Å². The highest BCUT2D eigenvalue weighted by Crippen LogP contribution is 2.38. The van der Waals surface area contributed by atoms with Crippen LogP contribution in [0.25, 0.3) is 0 Å². The first-order chi connectivity index (χ1) is 26.5. The molecule has 2 atom stereocenters. The Morgan fingerprint density at radius 3 is 1.53 bits per heavy atom. The van der Waals surface area contributed by atoms with E-state index in [2.05, 4.69) is 68.5 Å². The number of likely N-dealkylation sites (N-methyl/N-ethyl adjacent to an activating group) is 1. The van der Waals surface area contributed by atoms with E-state index < -0.39 is 32.5 Å². The van der Waals surface area contributed by atoms with E-state index in [1.54, 1.807) is 0 Å². The average Bonchev–Trinajstić information content (AvgIpc) is 3.13. The average molecular weight is 794 g/mol. The number of hydrogen-bond acceptors (Lipinski definition) is 8. The van der Waals surface area contributed by atoms with Crippen molar-refractivity contribution in [3.8, 4) is 0 Å². The summed E-state index contributed by atoms with van der Waals surface area (Å²) in [5.41, 5.74) is 0. The van der Waals surface area contributed by atoms with E-state index in [-0.39, 0.29) is 26.1 Å².